The zero-order valence-corrected chi connectivity index (χ0v) is 8.63. The molecule has 0 saturated carbocycles. The van der Waals surface area contributed by atoms with Crippen molar-refractivity contribution < 1.29 is 5.11 Å². The first-order valence-electron chi connectivity index (χ1n) is 5.32. The maximum Gasteiger partial charge on any atom is 0.0465 e. The number of aliphatic hydroxyl groups excluding tert-OH is 1. The van der Waals surface area contributed by atoms with Crippen molar-refractivity contribution in [2.24, 2.45) is 0 Å². The van der Waals surface area contributed by atoms with Crippen LogP contribution in [0.3, 0.4) is 0 Å². The van der Waals surface area contributed by atoms with Crippen molar-refractivity contribution >= 4 is 0 Å². The molecule has 2 nitrogen and oxygen atoms in total. The van der Waals surface area contributed by atoms with E-state index < -0.39 is 0 Å². The highest BCUT2D eigenvalue weighted by atomic mass is 16.2. The average molecular weight is 183 g/mol. The van der Waals surface area contributed by atoms with Gasteiger partial charge in [-0.2, -0.15) is 0 Å². The van der Waals surface area contributed by atoms with E-state index in [1.165, 1.54) is 37.9 Å². The van der Waals surface area contributed by atoms with Gasteiger partial charge in [0.15, 0.2) is 0 Å². The highest BCUT2D eigenvalue weighted by Crippen LogP contribution is 2.10. The summed E-state index contributed by atoms with van der Waals surface area (Å²) in [6.45, 7) is 6.04. The molecule has 1 saturated heterocycles. The molecule has 13 heavy (non-hydrogen) atoms. The first-order chi connectivity index (χ1) is 6.33. The van der Waals surface area contributed by atoms with Gasteiger partial charge in [0, 0.05) is 13.2 Å². The van der Waals surface area contributed by atoms with Gasteiger partial charge < -0.3 is 5.11 Å². The number of piperidine rings is 1. The summed E-state index contributed by atoms with van der Waals surface area (Å²) in [4.78, 5) is 2.51. The first kappa shape index (κ1) is 10.7. The Labute approximate surface area is 81.2 Å². The van der Waals surface area contributed by atoms with E-state index in [-0.39, 0.29) is 6.61 Å². The third kappa shape index (κ3) is 4.44. The number of hydrogen-bond acceptors (Lipinski definition) is 2. The Balaban J connectivity index is 2.21. The van der Waals surface area contributed by atoms with Crippen LogP contribution >= 0.6 is 0 Å². The standard InChI is InChI=1S/C11H21NO/c1-11(6-5-9-13)10-12-7-3-2-4-8-12/h6,13H,2-5,7-10H2,1H3. The second kappa shape index (κ2) is 6.17. The summed E-state index contributed by atoms with van der Waals surface area (Å²) in [5, 5.41) is 8.66. The predicted octanol–water partition coefficient (Wildman–Crippen LogP) is 1.80. The van der Waals surface area contributed by atoms with Gasteiger partial charge in [-0.05, 0) is 39.3 Å². The van der Waals surface area contributed by atoms with Crippen LogP contribution in [0.2, 0.25) is 0 Å². The van der Waals surface area contributed by atoms with E-state index in [4.69, 9.17) is 5.11 Å². The summed E-state index contributed by atoms with van der Waals surface area (Å²) in [6, 6.07) is 0. The van der Waals surface area contributed by atoms with Crippen LogP contribution in [-0.4, -0.2) is 36.2 Å². The van der Waals surface area contributed by atoms with Crippen LogP contribution in [-0.2, 0) is 0 Å². The molecule has 0 aliphatic carbocycles. The molecular weight excluding hydrogens is 162 g/mol. The van der Waals surface area contributed by atoms with Gasteiger partial charge in [0.25, 0.3) is 0 Å². The van der Waals surface area contributed by atoms with Crippen molar-refractivity contribution in [1.82, 2.24) is 4.90 Å². The Bertz CT molecular complexity index is 159. The van der Waals surface area contributed by atoms with Crippen LogP contribution in [0.25, 0.3) is 0 Å². The smallest absolute Gasteiger partial charge is 0.0465 e. The van der Waals surface area contributed by atoms with Crippen molar-refractivity contribution in [3.63, 3.8) is 0 Å². The number of likely N-dealkylation sites (tertiary alicyclic amines) is 1. The van der Waals surface area contributed by atoms with Crippen molar-refractivity contribution in [2.45, 2.75) is 32.6 Å². The van der Waals surface area contributed by atoms with Gasteiger partial charge in [-0.25, -0.2) is 0 Å². The maximum atomic E-state index is 8.66. The molecular formula is C11H21NO. The maximum absolute atomic E-state index is 8.66. The molecule has 2 heteroatoms. The van der Waals surface area contributed by atoms with Gasteiger partial charge in [-0.3, -0.25) is 4.90 Å². The lowest BCUT2D eigenvalue weighted by Gasteiger charge is -2.26. The van der Waals surface area contributed by atoms with Crippen LogP contribution in [0.1, 0.15) is 32.6 Å². The molecule has 1 rings (SSSR count). The number of aliphatic hydroxyl groups is 1. The van der Waals surface area contributed by atoms with E-state index in [0.29, 0.717) is 0 Å². The fraction of sp³-hybridized carbons (Fsp3) is 0.818. The minimum absolute atomic E-state index is 0.275. The lowest BCUT2D eigenvalue weighted by molar-refractivity contribution is 0.246. The predicted molar refractivity (Wildman–Crippen MR) is 55.8 cm³/mol. The van der Waals surface area contributed by atoms with Crippen LogP contribution in [0, 0.1) is 0 Å². The summed E-state index contributed by atoms with van der Waals surface area (Å²) in [5.74, 6) is 0. The largest absolute Gasteiger partial charge is 0.396 e. The molecule has 1 N–H and O–H groups in total. The fourth-order valence-electron chi connectivity index (χ4n) is 1.85. The molecule has 0 radical (unpaired) electrons. The number of rotatable bonds is 4. The average Bonchev–Trinajstić information content (AvgIpc) is 2.16. The Morgan fingerprint density at radius 3 is 2.62 bits per heavy atom. The molecule has 1 aliphatic heterocycles. The summed E-state index contributed by atoms with van der Waals surface area (Å²) in [7, 11) is 0. The molecule has 1 fully saturated rings. The molecule has 0 amide bonds. The summed E-state index contributed by atoms with van der Waals surface area (Å²) in [6.07, 6.45) is 7.06. The quantitative estimate of drug-likeness (QED) is 0.672. The van der Waals surface area contributed by atoms with Gasteiger partial charge in [-0.1, -0.05) is 18.1 Å². The molecule has 0 spiro atoms. The van der Waals surface area contributed by atoms with E-state index >= 15 is 0 Å². The second-order valence-corrected chi connectivity index (χ2v) is 3.90. The van der Waals surface area contributed by atoms with Crippen molar-refractivity contribution in [3.05, 3.63) is 11.6 Å². The van der Waals surface area contributed by atoms with Gasteiger partial charge in [0.1, 0.15) is 0 Å². The molecule has 0 aromatic heterocycles. The number of nitrogens with zero attached hydrogens (tertiary/aromatic N) is 1. The normalized spacial score (nSPS) is 20.6. The molecule has 0 aromatic carbocycles. The minimum atomic E-state index is 0.275. The Hall–Kier alpha value is -0.340. The van der Waals surface area contributed by atoms with Crippen LogP contribution in [0.15, 0.2) is 11.6 Å². The van der Waals surface area contributed by atoms with Gasteiger partial charge in [-0.15, -0.1) is 0 Å². The molecule has 0 atom stereocenters. The molecule has 76 valence electrons. The van der Waals surface area contributed by atoms with Crippen molar-refractivity contribution in [3.8, 4) is 0 Å². The monoisotopic (exact) mass is 183 g/mol. The summed E-state index contributed by atoms with van der Waals surface area (Å²) >= 11 is 0. The highest BCUT2D eigenvalue weighted by Gasteiger charge is 2.09. The van der Waals surface area contributed by atoms with Crippen LogP contribution in [0.5, 0.6) is 0 Å². The molecule has 0 bridgehead atoms. The molecule has 0 aromatic rings. The third-order valence-electron chi connectivity index (χ3n) is 2.54. The van der Waals surface area contributed by atoms with E-state index in [0.717, 1.165) is 13.0 Å². The number of hydrogen-bond donors (Lipinski definition) is 1. The molecule has 1 aliphatic rings. The van der Waals surface area contributed by atoms with E-state index in [1.54, 1.807) is 0 Å². The topological polar surface area (TPSA) is 23.5 Å². The second-order valence-electron chi connectivity index (χ2n) is 3.90. The highest BCUT2D eigenvalue weighted by molar-refractivity contribution is 5.00. The lowest BCUT2D eigenvalue weighted by atomic mass is 10.1. The summed E-state index contributed by atoms with van der Waals surface area (Å²) < 4.78 is 0. The zero-order valence-electron chi connectivity index (χ0n) is 8.63. The SMILES string of the molecule is CC(=CCCO)CN1CCCCC1. The van der Waals surface area contributed by atoms with Crippen LogP contribution < -0.4 is 0 Å². The summed E-state index contributed by atoms with van der Waals surface area (Å²) in [5.41, 5.74) is 1.40. The van der Waals surface area contributed by atoms with Crippen molar-refractivity contribution in [1.29, 1.82) is 0 Å². The lowest BCUT2D eigenvalue weighted by Crippen LogP contribution is -2.31. The van der Waals surface area contributed by atoms with E-state index in [1.807, 2.05) is 0 Å². The Morgan fingerprint density at radius 1 is 1.31 bits per heavy atom. The molecule has 0 unspecified atom stereocenters. The van der Waals surface area contributed by atoms with Gasteiger partial charge in [0.2, 0.25) is 0 Å². The van der Waals surface area contributed by atoms with Crippen molar-refractivity contribution in [2.75, 3.05) is 26.2 Å². The van der Waals surface area contributed by atoms with Gasteiger partial charge >= 0.3 is 0 Å². The first-order valence-corrected chi connectivity index (χ1v) is 5.32. The van der Waals surface area contributed by atoms with Crippen LogP contribution in [0.4, 0.5) is 0 Å². The third-order valence-corrected chi connectivity index (χ3v) is 2.54. The van der Waals surface area contributed by atoms with Gasteiger partial charge in [0.05, 0.1) is 0 Å². The fourth-order valence-corrected chi connectivity index (χ4v) is 1.85. The minimum Gasteiger partial charge on any atom is -0.396 e. The Morgan fingerprint density at radius 2 is 2.00 bits per heavy atom. The zero-order chi connectivity index (χ0) is 9.52. The van der Waals surface area contributed by atoms with E-state index in [2.05, 4.69) is 17.9 Å². The van der Waals surface area contributed by atoms with E-state index in [9.17, 15) is 0 Å². The Kier molecular flexibility index (Phi) is 5.09. The molecule has 1 heterocycles.